The van der Waals surface area contributed by atoms with Crippen LogP contribution in [0.4, 0.5) is 11.5 Å². The lowest BCUT2D eigenvalue weighted by molar-refractivity contribution is -0.122. The molecule has 3 heterocycles. The first-order chi connectivity index (χ1) is 15.5. The van der Waals surface area contributed by atoms with E-state index in [1.807, 2.05) is 55.6 Å². The van der Waals surface area contributed by atoms with Crippen LogP contribution in [0.2, 0.25) is 0 Å². The molecule has 32 heavy (non-hydrogen) atoms. The molecular weight excluding hydrogens is 572 g/mol. The van der Waals surface area contributed by atoms with Crippen molar-refractivity contribution >= 4 is 78.0 Å². The molecule has 2 aromatic carbocycles. The highest BCUT2D eigenvalue weighted by atomic mass is 79.9. The molecule has 2 aliphatic heterocycles. The van der Waals surface area contributed by atoms with E-state index in [-0.39, 0.29) is 5.91 Å². The van der Waals surface area contributed by atoms with Crippen LogP contribution in [0.15, 0.2) is 95.6 Å². The normalized spacial score (nSPS) is 19.2. The van der Waals surface area contributed by atoms with Crippen molar-refractivity contribution in [2.45, 2.75) is 11.4 Å². The average molecular weight is 588 g/mol. The highest BCUT2D eigenvalue weighted by Crippen LogP contribution is 2.50. The van der Waals surface area contributed by atoms with Gasteiger partial charge in [0.1, 0.15) is 4.91 Å². The first kappa shape index (κ1) is 21.8. The second-order valence-corrected chi connectivity index (χ2v) is 10.9. The van der Waals surface area contributed by atoms with E-state index >= 15 is 0 Å². The Morgan fingerprint density at radius 2 is 1.78 bits per heavy atom. The molecule has 0 atom stereocenters. The molecule has 3 aromatic rings. The highest BCUT2D eigenvalue weighted by Gasteiger charge is 2.39. The van der Waals surface area contributed by atoms with Crippen LogP contribution in [0.3, 0.4) is 0 Å². The number of hydrogen-bond acceptors (Lipinski definition) is 6. The number of carbonyl (C=O) groups excluding carboxylic acids is 1. The maximum Gasteiger partial charge on any atom is 0.269 e. The summed E-state index contributed by atoms with van der Waals surface area (Å²) in [6.45, 7) is 0.442. The van der Waals surface area contributed by atoms with Crippen LogP contribution >= 0.6 is 55.4 Å². The zero-order valence-corrected chi connectivity index (χ0v) is 21.6. The van der Waals surface area contributed by atoms with E-state index in [2.05, 4.69) is 53.9 Å². The van der Waals surface area contributed by atoms with Crippen molar-refractivity contribution in [2.24, 2.45) is 4.99 Å². The quantitative estimate of drug-likeness (QED) is 0.316. The number of aromatic nitrogens is 1. The number of halogens is 2. The van der Waals surface area contributed by atoms with Crippen LogP contribution in [-0.2, 0) is 11.3 Å². The number of para-hydroxylation sites is 1. The van der Waals surface area contributed by atoms with Gasteiger partial charge in [0.15, 0.2) is 11.0 Å². The smallest absolute Gasteiger partial charge is 0.269 e. The zero-order chi connectivity index (χ0) is 22.2. The molecule has 9 heteroatoms. The third-order valence-electron chi connectivity index (χ3n) is 4.97. The van der Waals surface area contributed by atoms with E-state index in [9.17, 15) is 4.79 Å². The van der Waals surface area contributed by atoms with E-state index < -0.39 is 0 Å². The summed E-state index contributed by atoms with van der Waals surface area (Å²) in [6, 6.07) is 20.0. The molecule has 5 rings (SSSR count). The Morgan fingerprint density at radius 1 is 1.03 bits per heavy atom. The zero-order valence-electron chi connectivity index (χ0n) is 16.8. The minimum atomic E-state index is -0.0482. The number of aliphatic imine (C=N–C) groups is 1. The van der Waals surface area contributed by atoms with Gasteiger partial charge in [0.25, 0.3) is 5.91 Å². The van der Waals surface area contributed by atoms with Gasteiger partial charge < -0.3 is 4.90 Å². The fraction of sp³-hybridized carbons (Fsp3) is 0.0870. The lowest BCUT2D eigenvalue weighted by atomic mass is 10.2. The maximum atomic E-state index is 13.6. The number of thioether (sulfide) groups is 2. The van der Waals surface area contributed by atoms with Crippen molar-refractivity contribution in [1.82, 2.24) is 9.88 Å². The number of hydrogen-bond donors (Lipinski definition) is 0. The summed E-state index contributed by atoms with van der Waals surface area (Å²) in [6.07, 6.45) is 1.70. The van der Waals surface area contributed by atoms with Gasteiger partial charge in [0.05, 0.1) is 21.7 Å². The van der Waals surface area contributed by atoms with Crippen molar-refractivity contribution in [3.05, 3.63) is 91.3 Å². The van der Waals surface area contributed by atoms with Gasteiger partial charge in [0, 0.05) is 22.6 Å². The van der Waals surface area contributed by atoms with E-state index in [0.717, 1.165) is 30.1 Å². The molecule has 0 N–H and O–H groups in total. The van der Waals surface area contributed by atoms with E-state index in [0.29, 0.717) is 22.4 Å². The molecule has 0 radical (unpaired) electrons. The number of anilines is 1. The van der Waals surface area contributed by atoms with Gasteiger partial charge in [-0.3, -0.25) is 9.69 Å². The summed E-state index contributed by atoms with van der Waals surface area (Å²) in [4.78, 5) is 28.4. The molecule has 5 nitrogen and oxygen atoms in total. The van der Waals surface area contributed by atoms with Crippen molar-refractivity contribution in [3.63, 3.8) is 0 Å². The van der Waals surface area contributed by atoms with E-state index in [1.165, 1.54) is 11.8 Å². The van der Waals surface area contributed by atoms with Crippen molar-refractivity contribution < 1.29 is 4.79 Å². The summed E-state index contributed by atoms with van der Waals surface area (Å²) < 4.78 is 1.61. The molecule has 1 amide bonds. The summed E-state index contributed by atoms with van der Waals surface area (Å²) in [5.74, 6) is 0.483. The number of carbonyl (C=O) groups is 1. The maximum absolute atomic E-state index is 13.6. The fourth-order valence-corrected chi connectivity index (χ4v) is 6.80. The minimum Gasteiger partial charge on any atom is -0.337 e. The summed E-state index contributed by atoms with van der Waals surface area (Å²) >= 11 is 9.97. The lowest BCUT2D eigenvalue weighted by Gasteiger charge is -2.16. The van der Waals surface area contributed by atoms with Gasteiger partial charge in [-0.1, -0.05) is 54.2 Å². The number of nitrogens with zero attached hydrogens (tertiary/aromatic N) is 4. The Kier molecular flexibility index (Phi) is 6.16. The molecule has 1 saturated heterocycles. The van der Waals surface area contributed by atoms with Crippen LogP contribution in [0, 0.1) is 0 Å². The van der Waals surface area contributed by atoms with Gasteiger partial charge >= 0.3 is 0 Å². The predicted octanol–water partition coefficient (Wildman–Crippen LogP) is 6.78. The Hall–Kier alpha value is -2.07. The molecule has 1 aromatic heterocycles. The molecule has 0 aliphatic carbocycles. The van der Waals surface area contributed by atoms with Gasteiger partial charge in [-0.05, 0) is 67.4 Å². The van der Waals surface area contributed by atoms with Crippen LogP contribution in [0.25, 0.3) is 0 Å². The molecule has 0 saturated carbocycles. The Bertz CT molecular complexity index is 1280. The third-order valence-corrected chi connectivity index (χ3v) is 8.42. The molecule has 160 valence electrons. The molecule has 2 aliphatic rings. The van der Waals surface area contributed by atoms with Crippen molar-refractivity contribution in [2.75, 3.05) is 11.9 Å². The number of amides is 1. The third kappa shape index (κ3) is 4.14. The average Bonchev–Trinajstić information content (AvgIpc) is 3.28. The number of pyridine rings is 1. The summed E-state index contributed by atoms with van der Waals surface area (Å²) in [7, 11) is 2.00. The van der Waals surface area contributed by atoms with Crippen molar-refractivity contribution in [1.29, 1.82) is 0 Å². The minimum absolute atomic E-state index is 0.0482. The number of benzene rings is 2. The lowest BCUT2D eigenvalue weighted by Crippen LogP contribution is -2.29. The fourth-order valence-electron chi connectivity index (χ4n) is 3.40. The first-order valence-corrected chi connectivity index (χ1v) is 12.9. The Morgan fingerprint density at radius 3 is 2.53 bits per heavy atom. The molecule has 0 spiro atoms. The van der Waals surface area contributed by atoms with Crippen LogP contribution in [0.5, 0.6) is 0 Å². The van der Waals surface area contributed by atoms with E-state index in [4.69, 9.17) is 4.99 Å². The Balaban J connectivity index is 1.57. The van der Waals surface area contributed by atoms with Gasteiger partial charge in [-0.15, -0.1) is 0 Å². The van der Waals surface area contributed by atoms with Crippen LogP contribution in [0.1, 0.15) is 5.56 Å². The summed E-state index contributed by atoms with van der Waals surface area (Å²) in [5, 5.41) is 1.54. The largest absolute Gasteiger partial charge is 0.337 e. The predicted molar refractivity (Wildman–Crippen MR) is 139 cm³/mol. The Labute approximate surface area is 211 Å². The second kappa shape index (κ2) is 9.05. The molecule has 1 fully saturated rings. The first-order valence-electron chi connectivity index (χ1n) is 9.69. The highest BCUT2D eigenvalue weighted by molar-refractivity contribution is 9.11. The molecular formula is C23H16Br2N4OS2. The number of rotatable bonds is 3. The van der Waals surface area contributed by atoms with Crippen LogP contribution in [-0.4, -0.2) is 28.0 Å². The topological polar surface area (TPSA) is 48.8 Å². The second-order valence-electron chi connectivity index (χ2n) is 7.10. The standard InChI is InChI=1S/C23H16Br2N4OS2/c1-28-17-9-5-6-10-18(17)31-22(28)19-21(30)29(13-14-7-3-2-4-8-14)23(32-19)27-20-16(25)11-15(24)12-26-20/h2-12H,13H2,1H3. The number of amidine groups is 1. The van der Waals surface area contributed by atoms with Gasteiger partial charge in [-0.25, -0.2) is 9.98 Å². The van der Waals surface area contributed by atoms with Gasteiger partial charge in [0.2, 0.25) is 0 Å². The SMILES string of the molecule is CN1C(=C2SC(=Nc3ncc(Br)cc3Br)N(Cc3ccccc3)C2=O)Sc2ccccc21. The summed E-state index contributed by atoms with van der Waals surface area (Å²) in [5.41, 5.74) is 2.14. The molecule has 0 unspecified atom stereocenters. The monoisotopic (exact) mass is 586 g/mol. The van der Waals surface area contributed by atoms with Crippen LogP contribution < -0.4 is 4.90 Å². The number of fused-ring (bicyclic) bond motifs is 1. The van der Waals surface area contributed by atoms with Gasteiger partial charge in [-0.2, -0.15) is 0 Å². The molecule has 0 bridgehead atoms. The van der Waals surface area contributed by atoms with E-state index in [1.54, 1.807) is 22.9 Å². The van der Waals surface area contributed by atoms with Crippen molar-refractivity contribution in [3.8, 4) is 0 Å².